The average molecular weight is 589 g/mol. The minimum Gasteiger partial charge on any atom is -0.359 e. The number of rotatable bonds is 6. The molecule has 0 spiro atoms. The van der Waals surface area contributed by atoms with Gasteiger partial charge in [-0.3, -0.25) is 24.1 Å². The zero-order valence-electron chi connectivity index (χ0n) is 24.8. The SMILES string of the molecule is CC(C)CN1CCNC(=O)[C@@H](Cc2ccccc2)NC(=O)[C@H](Cc2ccccc2)NC(=O)[C@H](C)NC(=O)c2cc(on2)C1. The third-order valence-corrected chi connectivity index (χ3v) is 7.09. The van der Waals surface area contributed by atoms with E-state index < -0.39 is 35.8 Å². The van der Waals surface area contributed by atoms with Gasteiger partial charge in [-0.15, -0.1) is 0 Å². The van der Waals surface area contributed by atoms with Crippen LogP contribution in [-0.4, -0.2) is 71.4 Å². The van der Waals surface area contributed by atoms with Crippen LogP contribution < -0.4 is 21.3 Å². The molecule has 4 rings (SSSR count). The first kappa shape index (κ1) is 31.4. The molecule has 1 aromatic heterocycles. The first-order chi connectivity index (χ1) is 20.7. The molecule has 0 fully saturated rings. The molecule has 2 bridgehead atoms. The summed E-state index contributed by atoms with van der Waals surface area (Å²) in [6, 6.07) is 17.4. The smallest absolute Gasteiger partial charge is 0.274 e. The highest BCUT2D eigenvalue weighted by atomic mass is 16.5. The zero-order valence-corrected chi connectivity index (χ0v) is 24.8. The van der Waals surface area contributed by atoms with Gasteiger partial charge in [0.15, 0.2) is 11.5 Å². The lowest BCUT2D eigenvalue weighted by Gasteiger charge is -2.26. The molecule has 0 saturated heterocycles. The Morgan fingerprint density at radius 3 is 2.02 bits per heavy atom. The van der Waals surface area contributed by atoms with E-state index >= 15 is 0 Å². The lowest BCUT2D eigenvalue weighted by molar-refractivity contribution is -0.132. The summed E-state index contributed by atoms with van der Waals surface area (Å²) in [5.41, 5.74) is 1.76. The van der Waals surface area contributed by atoms with Gasteiger partial charge in [0.1, 0.15) is 18.1 Å². The number of aromatic nitrogens is 1. The first-order valence-electron chi connectivity index (χ1n) is 14.6. The van der Waals surface area contributed by atoms with Crippen molar-refractivity contribution in [1.82, 2.24) is 31.3 Å². The molecule has 4 amide bonds. The number of hydrogen-bond donors (Lipinski definition) is 4. The lowest BCUT2D eigenvalue weighted by Crippen LogP contribution is -2.57. The summed E-state index contributed by atoms with van der Waals surface area (Å²) in [4.78, 5) is 55.4. The average Bonchev–Trinajstić information content (AvgIpc) is 3.45. The molecule has 0 aliphatic carbocycles. The van der Waals surface area contributed by atoms with Crippen LogP contribution in [0.3, 0.4) is 0 Å². The van der Waals surface area contributed by atoms with Crippen molar-refractivity contribution in [3.63, 3.8) is 0 Å². The maximum atomic E-state index is 13.7. The summed E-state index contributed by atoms with van der Waals surface area (Å²) in [5, 5.41) is 15.2. The summed E-state index contributed by atoms with van der Waals surface area (Å²) >= 11 is 0. The summed E-state index contributed by atoms with van der Waals surface area (Å²) in [6.45, 7) is 7.66. The fraction of sp³-hybridized carbons (Fsp3) is 0.406. The summed E-state index contributed by atoms with van der Waals surface area (Å²) < 4.78 is 5.43. The molecular formula is C32H40N6O5. The summed E-state index contributed by atoms with van der Waals surface area (Å²) in [5.74, 6) is -1.11. The molecule has 2 heterocycles. The van der Waals surface area contributed by atoms with E-state index in [1.54, 1.807) is 6.07 Å². The molecule has 2 aromatic carbocycles. The van der Waals surface area contributed by atoms with Gasteiger partial charge in [0, 0.05) is 38.5 Å². The number of fused-ring (bicyclic) bond motifs is 2. The van der Waals surface area contributed by atoms with E-state index in [0.29, 0.717) is 31.3 Å². The van der Waals surface area contributed by atoms with Crippen LogP contribution >= 0.6 is 0 Å². The Labute approximate surface area is 251 Å². The van der Waals surface area contributed by atoms with E-state index in [1.807, 2.05) is 60.7 Å². The minimum atomic E-state index is -1.00. The first-order valence-corrected chi connectivity index (χ1v) is 14.6. The van der Waals surface area contributed by atoms with E-state index in [1.165, 1.54) is 6.92 Å². The topological polar surface area (TPSA) is 146 Å². The number of carbonyl (C=O) groups is 4. The van der Waals surface area contributed by atoms with Gasteiger partial charge in [0.2, 0.25) is 17.7 Å². The van der Waals surface area contributed by atoms with E-state index in [2.05, 4.69) is 45.2 Å². The number of nitrogens with zero attached hydrogens (tertiary/aromatic N) is 2. The maximum Gasteiger partial charge on any atom is 0.274 e. The van der Waals surface area contributed by atoms with Crippen LogP contribution in [0.25, 0.3) is 0 Å². The normalized spacial score (nSPS) is 21.3. The second-order valence-electron chi connectivity index (χ2n) is 11.3. The van der Waals surface area contributed by atoms with Crippen molar-refractivity contribution >= 4 is 23.6 Å². The fourth-order valence-corrected chi connectivity index (χ4v) is 4.95. The predicted octanol–water partition coefficient (Wildman–Crippen LogP) is 1.84. The Bertz CT molecular complexity index is 1380. The molecule has 3 atom stereocenters. The van der Waals surface area contributed by atoms with Gasteiger partial charge in [0.25, 0.3) is 5.91 Å². The Hall–Kier alpha value is -4.51. The van der Waals surface area contributed by atoms with Crippen LogP contribution in [0.1, 0.15) is 48.1 Å². The lowest BCUT2D eigenvalue weighted by atomic mass is 10.0. The van der Waals surface area contributed by atoms with Crippen LogP contribution in [0.4, 0.5) is 0 Å². The van der Waals surface area contributed by atoms with Crippen molar-refractivity contribution in [3.05, 3.63) is 89.3 Å². The van der Waals surface area contributed by atoms with Crippen molar-refractivity contribution in [2.75, 3.05) is 19.6 Å². The van der Waals surface area contributed by atoms with E-state index in [-0.39, 0.29) is 24.4 Å². The van der Waals surface area contributed by atoms with Crippen LogP contribution in [0.15, 0.2) is 71.3 Å². The quantitative estimate of drug-likeness (QED) is 0.344. The molecule has 11 nitrogen and oxygen atoms in total. The van der Waals surface area contributed by atoms with Gasteiger partial charge in [-0.05, 0) is 24.0 Å². The second-order valence-corrected chi connectivity index (χ2v) is 11.3. The predicted molar refractivity (Wildman–Crippen MR) is 161 cm³/mol. The minimum absolute atomic E-state index is 0.0518. The standard InChI is InChI=1S/C32H40N6O5/c1-21(2)19-38-15-14-33-30(40)26(16-23-10-6-4-7-11-23)36-31(41)27(17-24-12-8-5-9-13-24)35-29(39)22(3)34-32(42)28-18-25(20-38)43-37-28/h4-13,18,21-22,26-27H,14-17,19-20H2,1-3H3,(H,33,40)(H,34,42)(H,35,39)(H,36,41)/t22-,26+,27-/m0/s1. The Kier molecular flexibility index (Phi) is 11.0. The highest BCUT2D eigenvalue weighted by Crippen LogP contribution is 2.11. The number of hydrogen-bond acceptors (Lipinski definition) is 7. The number of benzene rings is 2. The number of nitrogens with one attached hydrogen (secondary N) is 4. The Balaban J connectivity index is 1.63. The van der Waals surface area contributed by atoms with Gasteiger partial charge >= 0.3 is 0 Å². The second kappa shape index (κ2) is 15.1. The van der Waals surface area contributed by atoms with Gasteiger partial charge in [-0.2, -0.15) is 0 Å². The monoisotopic (exact) mass is 588 g/mol. The van der Waals surface area contributed by atoms with Crippen molar-refractivity contribution < 1.29 is 23.7 Å². The third kappa shape index (κ3) is 9.50. The van der Waals surface area contributed by atoms with Crippen molar-refractivity contribution in [2.45, 2.75) is 58.3 Å². The van der Waals surface area contributed by atoms with E-state index in [0.717, 1.165) is 17.7 Å². The van der Waals surface area contributed by atoms with Crippen molar-refractivity contribution in [3.8, 4) is 0 Å². The highest BCUT2D eigenvalue weighted by Gasteiger charge is 2.29. The molecule has 4 N–H and O–H groups in total. The maximum absolute atomic E-state index is 13.7. The molecule has 0 saturated carbocycles. The number of amides is 4. The van der Waals surface area contributed by atoms with Gasteiger partial charge in [-0.25, -0.2) is 0 Å². The van der Waals surface area contributed by atoms with Crippen LogP contribution in [0, 0.1) is 5.92 Å². The van der Waals surface area contributed by atoms with E-state index in [9.17, 15) is 19.2 Å². The summed E-state index contributed by atoms with van der Waals surface area (Å²) in [6.07, 6.45) is 0.461. The third-order valence-electron chi connectivity index (χ3n) is 7.09. The molecule has 0 radical (unpaired) electrons. The van der Waals surface area contributed by atoms with Crippen LogP contribution in [0.2, 0.25) is 0 Å². The van der Waals surface area contributed by atoms with Crippen LogP contribution in [0.5, 0.6) is 0 Å². The molecule has 3 aromatic rings. The van der Waals surface area contributed by atoms with Gasteiger partial charge in [0.05, 0.1) is 6.54 Å². The molecule has 1 aliphatic rings. The molecule has 1 aliphatic heterocycles. The molecule has 11 heteroatoms. The highest BCUT2D eigenvalue weighted by molar-refractivity contribution is 5.97. The Morgan fingerprint density at radius 1 is 0.837 bits per heavy atom. The zero-order chi connectivity index (χ0) is 30.8. The fourth-order valence-electron chi connectivity index (χ4n) is 4.95. The molecule has 43 heavy (non-hydrogen) atoms. The van der Waals surface area contributed by atoms with Gasteiger partial charge in [-0.1, -0.05) is 79.7 Å². The molecule has 0 unspecified atom stereocenters. The van der Waals surface area contributed by atoms with Crippen molar-refractivity contribution in [1.29, 1.82) is 0 Å². The molecular weight excluding hydrogens is 548 g/mol. The largest absolute Gasteiger partial charge is 0.359 e. The van der Waals surface area contributed by atoms with Crippen molar-refractivity contribution in [2.24, 2.45) is 5.92 Å². The van der Waals surface area contributed by atoms with Crippen LogP contribution in [-0.2, 0) is 33.8 Å². The summed E-state index contributed by atoms with van der Waals surface area (Å²) in [7, 11) is 0. The van der Waals surface area contributed by atoms with Gasteiger partial charge < -0.3 is 25.8 Å². The molecule has 228 valence electrons. The Morgan fingerprint density at radius 2 is 1.42 bits per heavy atom. The number of carbonyl (C=O) groups excluding carboxylic acids is 4. The van der Waals surface area contributed by atoms with E-state index in [4.69, 9.17) is 4.52 Å².